The van der Waals surface area contributed by atoms with Crippen LogP contribution in [0.15, 0.2) is 47.4 Å². The molecule has 0 saturated carbocycles. The number of amides is 1. The molecule has 1 aliphatic heterocycles. The molecule has 2 aromatic rings. The van der Waals surface area contributed by atoms with Crippen LogP contribution < -0.4 is 9.64 Å². The summed E-state index contributed by atoms with van der Waals surface area (Å²) in [6, 6.07) is 12.1. The Bertz CT molecular complexity index is 1010. The zero-order valence-electron chi connectivity index (χ0n) is 16.8. The molecule has 1 heterocycles. The van der Waals surface area contributed by atoms with Crippen molar-refractivity contribution in [3.05, 3.63) is 53.1 Å². The number of fused-ring (bicyclic) bond motifs is 1. The molecule has 1 unspecified atom stereocenters. The third-order valence-corrected chi connectivity index (χ3v) is 7.19. The Labute approximate surface area is 177 Å². The Kier molecular flexibility index (Phi) is 6.51. The summed E-state index contributed by atoms with van der Waals surface area (Å²) in [6.07, 6.45) is 0.759. The predicted molar refractivity (Wildman–Crippen MR) is 114 cm³/mol. The predicted octanol–water partition coefficient (Wildman–Crippen LogP) is 3.73. The van der Waals surface area contributed by atoms with E-state index in [9.17, 15) is 13.2 Å². The molecular weight excluding hydrogens is 412 g/mol. The Morgan fingerprint density at radius 1 is 1.24 bits per heavy atom. The van der Waals surface area contributed by atoms with Crippen LogP contribution in [-0.2, 0) is 21.2 Å². The van der Waals surface area contributed by atoms with Crippen LogP contribution in [0, 0.1) is 0 Å². The fraction of sp³-hybridized carbons (Fsp3) is 0.381. The van der Waals surface area contributed by atoms with Gasteiger partial charge in [0.1, 0.15) is 5.75 Å². The van der Waals surface area contributed by atoms with Gasteiger partial charge in [0, 0.05) is 18.3 Å². The summed E-state index contributed by atoms with van der Waals surface area (Å²) < 4.78 is 32.8. The van der Waals surface area contributed by atoms with Crippen molar-refractivity contribution in [3.8, 4) is 5.75 Å². The molecule has 0 fully saturated rings. The van der Waals surface area contributed by atoms with Crippen molar-refractivity contribution in [2.75, 3.05) is 24.6 Å². The highest BCUT2D eigenvalue weighted by Crippen LogP contribution is 2.33. The van der Waals surface area contributed by atoms with Gasteiger partial charge < -0.3 is 9.64 Å². The summed E-state index contributed by atoms with van der Waals surface area (Å²) in [7, 11) is -3.88. The topological polar surface area (TPSA) is 66.9 Å². The molecule has 156 valence electrons. The molecule has 3 rings (SSSR count). The van der Waals surface area contributed by atoms with Gasteiger partial charge in [-0.15, -0.1) is 0 Å². The fourth-order valence-corrected chi connectivity index (χ4v) is 5.33. The number of hydrogen-bond donors (Lipinski definition) is 0. The van der Waals surface area contributed by atoms with E-state index in [-0.39, 0.29) is 35.0 Å². The molecule has 1 aliphatic rings. The van der Waals surface area contributed by atoms with Gasteiger partial charge in [-0.05, 0) is 50.1 Å². The summed E-state index contributed by atoms with van der Waals surface area (Å²) in [6.45, 7) is 5.86. The van der Waals surface area contributed by atoms with Crippen molar-refractivity contribution >= 4 is 33.2 Å². The van der Waals surface area contributed by atoms with E-state index in [0.29, 0.717) is 12.4 Å². The number of carbonyl (C=O) groups excluding carboxylic acids is 1. The largest absolute Gasteiger partial charge is 0.492 e. The minimum atomic E-state index is -3.88. The fourth-order valence-electron chi connectivity index (χ4n) is 3.60. The first-order valence-electron chi connectivity index (χ1n) is 9.62. The van der Waals surface area contributed by atoms with E-state index < -0.39 is 10.0 Å². The number of hydrogen-bond acceptors (Lipinski definition) is 4. The number of benzene rings is 2. The second-order valence-corrected chi connectivity index (χ2v) is 9.25. The highest BCUT2D eigenvalue weighted by molar-refractivity contribution is 7.89. The second-order valence-electron chi connectivity index (χ2n) is 6.90. The number of carbonyl (C=O) groups is 1. The molecule has 0 saturated heterocycles. The zero-order valence-corrected chi connectivity index (χ0v) is 18.3. The lowest BCUT2D eigenvalue weighted by atomic mass is 10.1. The third kappa shape index (κ3) is 4.27. The molecule has 0 aromatic heterocycles. The van der Waals surface area contributed by atoms with Crippen molar-refractivity contribution in [1.82, 2.24) is 4.31 Å². The van der Waals surface area contributed by atoms with Crippen LogP contribution in [0.2, 0.25) is 5.02 Å². The molecule has 29 heavy (non-hydrogen) atoms. The van der Waals surface area contributed by atoms with Crippen LogP contribution in [0.3, 0.4) is 0 Å². The summed E-state index contributed by atoms with van der Waals surface area (Å²) in [5.74, 6) is 0.180. The minimum absolute atomic E-state index is 0.0127. The molecule has 6 nitrogen and oxygen atoms in total. The number of likely N-dealkylation sites (N-methyl/N-ethyl adjacent to an activating group) is 1. The van der Waals surface area contributed by atoms with Crippen LogP contribution in [0.25, 0.3) is 0 Å². The molecule has 0 radical (unpaired) electrons. The summed E-state index contributed by atoms with van der Waals surface area (Å²) >= 11 is 6.16. The zero-order chi connectivity index (χ0) is 21.2. The van der Waals surface area contributed by atoms with E-state index >= 15 is 0 Å². The maximum Gasteiger partial charge on any atom is 0.243 e. The van der Waals surface area contributed by atoms with Gasteiger partial charge in [0.2, 0.25) is 15.9 Å². The lowest BCUT2D eigenvalue weighted by Gasteiger charge is -2.27. The lowest BCUT2D eigenvalue weighted by molar-refractivity contribution is -0.119. The van der Waals surface area contributed by atoms with E-state index in [4.69, 9.17) is 16.3 Å². The first kappa shape index (κ1) is 21.6. The molecule has 1 amide bonds. The van der Waals surface area contributed by atoms with Crippen LogP contribution in [0.5, 0.6) is 5.75 Å². The summed E-state index contributed by atoms with van der Waals surface area (Å²) in [5.41, 5.74) is 1.94. The van der Waals surface area contributed by atoms with E-state index in [1.54, 1.807) is 11.8 Å². The van der Waals surface area contributed by atoms with Crippen LogP contribution in [-0.4, -0.2) is 44.4 Å². The summed E-state index contributed by atoms with van der Waals surface area (Å²) in [4.78, 5) is 14.8. The van der Waals surface area contributed by atoms with Gasteiger partial charge in [-0.25, -0.2) is 8.42 Å². The number of ether oxygens (including phenoxy) is 1. The van der Waals surface area contributed by atoms with Crippen LogP contribution in [0.4, 0.5) is 5.69 Å². The lowest BCUT2D eigenvalue weighted by Crippen LogP contribution is -2.45. The summed E-state index contributed by atoms with van der Waals surface area (Å²) in [5, 5.41) is 0.220. The van der Waals surface area contributed by atoms with Crippen molar-refractivity contribution in [1.29, 1.82) is 0 Å². The van der Waals surface area contributed by atoms with E-state index in [1.165, 1.54) is 22.5 Å². The van der Waals surface area contributed by atoms with Gasteiger partial charge in [0.05, 0.1) is 23.1 Å². The third-order valence-electron chi connectivity index (χ3n) is 4.98. The second kappa shape index (κ2) is 8.73. The minimum Gasteiger partial charge on any atom is -0.492 e. The average molecular weight is 437 g/mol. The van der Waals surface area contributed by atoms with Crippen molar-refractivity contribution < 1.29 is 17.9 Å². The normalized spacial score (nSPS) is 16.2. The maximum atomic E-state index is 13.1. The molecule has 0 spiro atoms. The molecule has 0 aliphatic carbocycles. The van der Waals surface area contributed by atoms with Gasteiger partial charge in [0.15, 0.2) is 0 Å². The quantitative estimate of drug-likeness (QED) is 0.663. The molecular formula is C21H25ClN2O4S. The Hall–Kier alpha value is -2.09. The number of halogens is 1. The van der Waals surface area contributed by atoms with Gasteiger partial charge in [-0.2, -0.15) is 4.31 Å². The van der Waals surface area contributed by atoms with Gasteiger partial charge in [0.25, 0.3) is 0 Å². The molecule has 2 aromatic carbocycles. The Morgan fingerprint density at radius 3 is 2.62 bits per heavy atom. The highest BCUT2D eigenvalue weighted by atomic mass is 35.5. The van der Waals surface area contributed by atoms with E-state index in [0.717, 1.165) is 17.7 Å². The van der Waals surface area contributed by atoms with Crippen molar-refractivity contribution in [2.24, 2.45) is 0 Å². The molecule has 1 atom stereocenters. The smallest absolute Gasteiger partial charge is 0.243 e. The van der Waals surface area contributed by atoms with Gasteiger partial charge in [-0.1, -0.05) is 36.7 Å². The van der Waals surface area contributed by atoms with Gasteiger partial charge in [-0.3, -0.25) is 4.79 Å². The molecule has 8 heteroatoms. The number of para-hydroxylation sites is 1. The van der Waals surface area contributed by atoms with Crippen molar-refractivity contribution in [2.45, 2.75) is 38.1 Å². The van der Waals surface area contributed by atoms with Gasteiger partial charge >= 0.3 is 0 Å². The average Bonchev–Trinajstić information content (AvgIpc) is 3.03. The standard InChI is InChI=1S/C21H25ClN2O4S/c1-4-23(29(26,27)17-10-11-20(28-5-2)18(22)13-17)14-21(25)24-15(3)12-16-8-6-7-9-19(16)24/h6-11,13,15H,4-5,12,14H2,1-3H3. The first-order valence-corrected chi connectivity index (χ1v) is 11.4. The number of sulfonamides is 1. The maximum absolute atomic E-state index is 13.1. The monoisotopic (exact) mass is 436 g/mol. The Balaban J connectivity index is 1.84. The van der Waals surface area contributed by atoms with E-state index in [2.05, 4.69) is 0 Å². The van der Waals surface area contributed by atoms with E-state index in [1.807, 2.05) is 38.1 Å². The molecule has 0 bridgehead atoms. The number of rotatable bonds is 7. The van der Waals surface area contributed by atoms with Crippen LogP contribution >= 0.6 is 11.6 Å². The van der Waals surface area contributed by atoms with Crippen LogP contribution in [0.1, 0.15) is 26.3 Å². The number of nitrogens with zero attached hydrogens (tertiary/aromatic N) is 2. The Morgan fingerprint density at radius 2 is 1.97 bits per heavy atom. The SMILES string of the molecule is CCOc1ccc(S(=O)(=O)N(CC)CC(=O)N2c3ccccc3CC2C)cc1Cl. The van der Waals surface area contributed by atoms with Crippen molar-refractivity contribution in [3.63, 3.8) is 0 Å². The number of anilines is 1. The molecule has 0 N–H and O–H groups in total. The highest BCUT2D eigenvalue weighted by Gasteiger charge is 2.34. The first-order chi connectivity index (χ1) is 13.8.